The van der Waals surface area contributed by atoms with Crippen LogP contribution in [0, 0.1) is 40.4 Å². The van der Waals surface area contributed by atoms with Crippen molar-refractivity contribution in [3.05, 3.63) is 12.7 Å². The van der Waals surface area contributed by atoms with Crippen molar-refractivity contribution in [3.63, 3.8) is 0 Å². The summed E-state index contributed by atoms with van der Waals surface area (Å²) in [5.74, 6) is 2.26. The molecule has 7 heteroatoms. The van der Waals surface area contributed by atoms with E-state index in [1.807, 2.05) is 0 Å². The molecule has 5 fully saturated rings. The van der Waals surface area contributed by atoms with Gasteiger partial charge in [0, 0.05) is 6.92 Å². The molecule has 7 nitrogen and oxygen atoms in total. The van der Waals surface area contributed by atoms with Crippen LogP contribution in [0.3, 0.4) is 0 Å². The fourth-order valence-electron chi connectivity index (χ4n) is 9.28. The molecule has 0 aromatic heterocycles. The van der Waals surface area contributed by atoms with Crippen molar-refractivity contribution in [2.75, 3.05) is 6.61 Å². The third kappa shape index (κ3) is 4.10. The number of carbonyl (C=O) groups is 1. The van der Waals surface area contributed by atoms with Crippen LogP contribution in [0.25, 0.3) is 0 Å². The average Bonchev–Trinajstić information content (AvgIpc) is 3.16. The van der Waals surface area contributed by atoms with Gasteiger partial charge in [-0.2, -0.15) is 0 Å². The van der Waals surface area contributed by atoms with Crippen LogP contribution in [0.5, 0.6) is 0 Å². The molecular formula is C28H44O7. The minimum atomic E-state index is -1.32. The highest BCUT2D eigenvalue weighted by Crippen LogP contribution is 2.67. The number of rotatable bonds is 4. The third-order valence-electron chi connectivity index (χ3n) is 11.1. The van der Waals surface area contributed by atoms with Gasteiger partial charge < -0.3 is 29.5 Å². The van der Waals surface area contributed by atoms with Crippen LogP contribution in [0.15, 0.2) is 12.7 Å². The molecule has 13 atom stereocenters. The van der Waals surface area contributed by atoms with Crippen LogP contribution in [0.4, 0.5) is 0 Å². The Labute approximate surface area is 209 Å². The highest BCUT2D eigenvalue weighted by Gasteiger charge is 2.62. The largest absolute Gasteiger partial charge is 0.457 e. The standard InChI is InChI=1S/C28H44O7/c1-5-16-6-8-18-17-7-9-20-24(35-26-23(32)25(34-15(2)29)22(31)14-33-26)21(30)11-13-28(20,4)19(17)10-12-27(16,18)3/h5,16-26,30-32H,1,6-14H2,2-4H3/t16-,17-,18?,19?,20-,21-,22+,23?,24-,25?,26-,27+,28+/m0/s1. The molecule has 1 heterocycles. The summed E-state index contributed by atoms with van der Waals surface area (Å²) < 4.78 is 17.1. The highest BCUT2D eigenvalue weighted by atomic mass is 16.7. The second kappa shape index (κ2) is 9.39. The first kappa shape index (κ1) is 25.7. The lowest BCUT2D eigenvalue weighted by Gasteiger charge is -2.62. The van der Waals surface area contributed by atoms with E-state index in [0.29, 0.717) is 29.6 Å². The monoisotopic (exact) mass is 492 g/mol. The summed E-state index contributed by atoms with van der Waals surface area (Å²) >= 11 is 0. The number of ether oxygens (including phenoxy) is 3. The summed E-state index contributed by atoms with van der Waals surface area (Å²) in [5.41, 5.74) is 0.428. The number of allylic oxidation sites excluding steroid dienone is 1. The normalized spacial score (nSPS) is 53.7. The van der Waals surface area contributed by atoms with Crippen molar-refractivity contribution < 1.29 is 34.3 Å². The molecular weight excluding hydrogens is 448 g/mol. The lowest BCUT2D eigenvalue weighted by Crippen LogP contribution is -2.61. The van der Waals surface area contributed by atoms with Crippen molar-refractivity contribution in [2.24, 2.45) is 40.4 Å². The molecule has 35 heavy (non-hydrogen) atoms. The van der Waals surface area contributed by atoms with Crippen molar-refractivity contribution in [3.8, 4) is 0 Å². The molecule has 0 aromatic rings. The zero-order valence-electron chi connectivity index (χ0n) is 21.5. The molecule has 0 spiro atoms. The maximum absolute atomic E-state index is 11.5. The van der Waals surface area contributed by atoms with E-state index in [4.69, 9.17) is 14.2 Å². The maximum Gasteiger partial charge on any atom is 0.303 e. The molecule has 4 saturated carbocycles. The number of hydrogen-bond acceptors (Lipinski definition) is 7. The van der Waals surface area contributed by atoms with Gasteiger partial charge >= 0.3 is 5.97 Å². The Hall–Kier alpha value is -0.990. The Kier molecular flexibility index (Phi) is 6.88. The third-order valence-corrected chi connectivity index (χ3v) is 11.1. The van der Waals surface area contributed by atoms with E-state index in [1.165, 1.54) is 32.6 Å². The van der Waals surface area contributed by atoms with Crippen LogP contribution >= 0.6 is 0 Å². The van der Waals surface area contributed by atoms with Gasteiger partial charge in [-0.3, -0.25) is 4.79 Å². The molecule has 0 aromatic carbocycles. The van der Waals surface area contributed by atoms with Gasteiger partial charge in [-0.05, 0) is 91.8 Å². The highest BCUT2D eigenvalue weighted by molar-refractivity contribution is 5.66. The molecule has 3 N–H and O–H groups in total. The van der Waals surface area contributed by atoms with E-state index in [0.717, 1.165) is 25.2 Å². The molecule has 5 rings (SSSR count). The van der Waals surface area contributed by atoms with Crippen LogP contribution in [-0.2, 0) is 19.0 Å². The van der Waals surface area contributed by atoms with Gasteiger partial charge in [0.05, 0.1) is 18.8 Å². The Morgan fingerprint density at radius 3 is 2.31 bits per heavy atom. The number of fused-ring (bicyclic) bond motifs is 5. The zero-order chi connectivity index (χ0) is 25.1. The van der Waals surface area contributed by atoms with Crippen LogP contribution in [0.1, 0.15) is 72.1 Å². The van der Waals surface area contributed by atoms with Gasteiger partial charge in [0.1, 0.15) is 12.2 Å². The minimum Gasteiger partial charge on any atom is -0.457 e. The van der Waals surface area contributed by atoms with Gasteiger partial charge in [0.2, 0.25) is 0 Å². The molecule has 1 saturated heterocycles. The van der Waals surface area contributed by atoms with E-state index < -0.39 is 42.8 Å². The van der Waals surface area contributed by atoms with Crippen LogP contribution < -0.4 is 0 Å². The molecule has 198 valence electrons. The second-order valence-electron chi connectivity index (χ2n) is 12.6. The van der Waals surface area contributed by atoms with Crippen LogP contribution in [-0.4, -0.2) is 64.7 Å². The molecule has 0 bridgehead atoms. The van der Waals surface area contributed by atoms with Crippen LogP contribution in [0.2, 0.25) is 0 Å². The molecule has 4 aliphatic carbocycles. The number of carbonyl (C=O) groups excluding carboxylic acids is 1. The molecule has 0 radical (unpaired) electrons. The predicted molar refractivity (Wildman–Crippen MR) is 129 cm³/mol. The first-order valence-electron chi connectivity index (χ1n) is 13.7. The molecule has 5 aliphatic rings. The molecule has 0 amide bonds. The van der Waals surface area contributed by atoms with E-state index in [9.17, 15) is 20.1 Å². The molecule has 4 unspecified atom stereocenters. The first-order chi connectivity index (χ1) is 16.6. The Bertz CT molecular complexity index is 817. The van der Waals surface area contributed by atoms with Crippen molar-refractivity contribution in [1.82, 2.24) is 0 Å². The fourth-order valence-corrected chi connectivity index (χ4v) is 9.28. The zero-order valence-corrected chi connectivity index (χ0v) is 21.5. The fraction of sp³-hybridized carbons (Fsp3) is 0.893. The topological polar surface area (TPSA) is 105 Å². The molecule has 1 aliphatic heterocycles. The van der Waals surface area contributed by atoms with Gasteiger partial charge in [-0.25, -0.2) is 0 Å². The lowest BCUT2D eigenvalue weighted by atomic mass is 9.44. The van der Waals surface area contributed by atoms with E-state index >= 15 is 0 Å². The van der Waals surface area contributed by atoms with Gasteiger partial charge in [-0.15, -0.1) is 6.58 Å². The van der Waals surface area contributed by atoms with Crippen molar-refractivity contribution in [2.45, 2.75) is 109 Å². The van der Waals surface area contributed by atoms with Crippen molar-refractivity contribution in [1.29, 1.82) is 0 Å². The first-order valence-corrected chi connectivity index (χ1v) is 13.7. The van der Waals surface area contributed by atoms with Gasteiger partial charge in [0.15, 0.2) is 12.4 Å². The van der Waals surface area contributed by atoms with E-state index in [-0.39, 0.29) is 17.9 Å². The maximum atomic E-state index is 11.5. The number of esters is 1. The smallest absolute Gasteiger partial charge is 0.303 e. The number of aliphatic hydroxyl groups is 3. The van der Waals surface area contributed by atoms with Gasteiger partial charge in [0.25, 0.3) is 0 Å². The van der Waals surface area contributed by atoms with E-state index in [1.54, 1.807) is 0 Å². The van der Waals surface area contributed by atoms with Gasteiger partial charge in [-0.1, -0.05) is 19.9 Å². The average molecular weight is 493 g/mol. The lowest BCUT2D eigenvalue weighted by molar-refractivity contribution is -0.311. The number of aliphatic hydroxyl groups excluding tert-OH is 3. The Balaban J connectivity index is 1.34. The predicted octanol–water partition coefficient (Wildman–Crippen LogP) is 3.20. The summed E-state index contributed by atoms with van der Waals surface area (Å²) in [5, 5.41) is 32.0. The Morgan fingerprint density at radius 2 is 1.60 bits per heavy atom. The Morgan fingerprint density at radius 1 is 0.914 bits per heavy atom. The summed E-state index contributed by atoms with van der Waals surface area (Å²) in [6.07, 6.45) is 5.28. The van der Waals surface area contributed by atoms with E-state index in [2.05, 4.69) is 26.5 Å². The summed E-state index contributed by atoms with van der Waals surface area (Å²) in [6, 6.07) is 0. The summed E-state index contributed by atoms with van der Waals surface area (Å²) in [6.45, 7) is 10.2. The number of hydrogen-bond donors (Lipinski definition) is 3. The summed E-state index contributed by atoms with van der Waals surface area (Å²) in [7, 11) is 0. The van der Waals surface area contributed by atoms with Crippen molar-refractivity contribution >= 4 is 5.97 Å². The second-order valence-corrected chi connectivity index (χ2v) is 12.6. The SMILES string of the molecule is C=C[C@H]1CCC2[C@@H]3CC[C@H]4[C@H](O[C@@H]5OC[C@@H](O)C(OC(C)=O)C5O)[C@@H](O)CC[C@]4(C)C3CC[C@@]21C. The minimum absolute atomic E-state index is 0.0643. The quantitative estimate of drug-likeness (QED) is 0.409. The summed E-state index contributed by atoms with van der Waals surface area (Å²) in [4.78, 5) is 11.5.